The Labute approximate surface area is 64.8 Å². The van der Waals surface area contributed by atoms with Crippen LogP contribution >= 0.6 is 0 Å². The van der Waals surface area contributed by atoms with Crippen LogP contribution < -0.4 is 0 Å². The van der Waals surface area contributed by atoms with E-state index in [1.807, 2.05) is 0 Å². The van der Waals surface area contributed by atoms with E-state index < -0.39 is 12.3 Å². The van der Waals surface area contributed by atoms with Gasteiger partial charge in [-0.05, 0) is 12.2 Å². The summed E-state index contributed by atoms with van der Waals surface area (Å²) in [6.45, 7) is 3.42. The highest BCUT2D eigenvalue weighted by Crippen LogP contribution is 2.02. The number of aliphatic hydroxyl groups excluding tert-OH is 1. The van der Waals surface area contributed by atoms with Crippen molar-refractivity contribution in [2.24, 2.45) is 0 Å². The Kier molecular flexibility index (Phi) is 4.50. The van der Waals surface area contributed by atoms with Gasteiger partial charge < -0.3 is 10.3 Å². The highest BCUT2D eigenvalue weighted by Gasteiger charge is 2.23. The van der Waals surface area contributed by atoms with Gasteiger partial charge in [-0.3, -0.25) is 10.4 Å². The summed E-state index contributed by atoms with van der Waals surface area (Å²) in [4.78, 5) is 0. The van der Waals surface area contributed by atoms with Crippen molar-refractivity contribution >= 4 is 0 Å². The van der Waals surface area contributed by atoms with Gasteiger partial charge in [-0.15, -0.1) is 0 Å². The fraction of sp³-hybridized carbons (Fsp3) is 1.00. The van der Waals surface area contributed by atoms with Gasteiger partial charge >= 0.3 is 0 Å². The molecule has 4 N–H and O–H groups in total. The molecule has 2 atom stereocenters. The maximum Gasteiger partial charge on any atom is 0.174 e. The number of hydrogen-bond acceptors (Lipinski definition) is 6. The van der Waals surface area contributed by atoms with Crippen LogP contribution in [0.5, 0.6) is 0 Å². The Morgan fingerprint density at radius 2 is 1.73 bits per heavy atom. The highest BCUT2D eigenvalue weighted by molar-refractivity contribution is 4.62. The van der Waals surface area contributed by atoms with E-state index in [1.54, 1.807) is 6.92 Å². The third-order valence-electron chi connectivity index (χ3n) is 1.46. The Morgan fingerprint density at radius 3 is 2.00 bits per heavy atom. The van der Waals surface area contributed by atoms with Crippen molar-refractivity contribution in [3.8, 4) is 0 Å². The molecule has 0 aromatic rings. The summed E-state index contributed by atoms with van der Waals surface area (Å²) in [6.07, 6.45) is -1.51. The van der Waals surface area contributed by atoms with Crippen LogP contribution in [0.4, 0.5) is 0 Å². The van der Waals surface area contributed by atoms with Gasteiger partial charge in [-0.1, -0.05) is 6.92 Å². The zero-order chi connectivity index (χ0) is 9.02. The molecular weight excluding hydrogens is 152 g/mol. The van der Waals surface area contributed by atoms with Crippen molar-refractivity contribution in [2.75, 3.05) is 6.54 Å². The number of aliphatic hydroxyl groups is 1. The average molecular weight is 166 g/mol. The quantitative estimate of drug-likeness (QED) is 0.332. The molecule has 0 aliphatic heterocycles. The molecule has 0 aromatic carbocycles. The first-order valence-corrected chi connectivity index (χ1v) is 3.31. The van der Waals surface area contributed by atoms with E-state index in [-0.39, 0.29) is 5.23 Å². The molecule has 0 aliphatic rings. The van der Waals surface area contributed by atoms with Gasteiger partial charge in [0, 0.05) is 6.54 Å². The fourth-order valence-corrected chi connectivity index (χ4v) is 0.635. The largest absolute Gasteiger partial charge is 0.372 e. The van der Waals surface area contributed by atoms with Gasteiger partial charge in [0.1, 0.15) is 0 Å². The molecule has 0 aromatic heterocycles. The van der Waals surface area contributed by atoms with E-state index in [4.69, 9.17) is 20.7 Å². The first-order valence-electron chi connectivity index (χ1n) is 3.31. The van der Waals surface area contributed by atoms with Crippen molar-refractivity contribution in [2.45, 2.75) is 26.1 Å². The molecule has 0 spiro atoms. The van der Waals surface area contributed by atoms with Gasteiger partial charge in [0.2, 0.25) is 0 Å². The highest BCUT2D eigenvalue weighted by atomic mass is 16.8. The standard InChI is InChI=1S/C5H14N2O4/c1-3-6(9)4(2)5(8)7(10)11/h4-5,8-11H,3H2,1-2H3. The topological polar surface area (TPSA) is 87.4 Å². The molecule has 0 heterocycles. The molecule has 6 heteroatoms. The fourth-order valence-electron chi connectivity index (χ4n) is 0.635. The van der Waals surface area contributed by atoms with Crippen molar-refractivity contribution in [3.63, 3.8) is 0 Å². The molecule has 0 saturated heterocycles. The third kappa shape index (κ3) is 3.10. The maximum absolute atomic E-state index is 8.97. The van der Waals surface area contributed by atoms with Gasteiger partial charge in [0.15, 0.2) is 6.23 Å². The first kappa shape index (κ1) is 10.8. The van der Waals surface area contributed by atoms with Crippen LogP contribution in [0.2, 0.25) is 0 Å². The molecule has 0 bridgehead atoms. The Bertz CT molecular complexity index is 111. The van der Waals surface area contributed by atoms with Gasteiger partial charge in [-0.25, -0.2) is 0 Å². The lowest BCUT2D eigenvalue weighted by molar-refractivity contribution is -0.386. The minimum atomic E-state index is -1.51. The second-order valence-corrected chi connectivity index (χ2v) is 2.23. The van der Waals surface area contributed by atoms with Crippen molar-refractivity contribution in [3.05, 3.63) is 0 Å². The van der Waals surface area contributed by atoms with Crippen molar-refractivity contribution in [1.82, 2.24) is 10.3 Å². The summed E-state index contributed by atoms with van der Waals surface area (Å²) in [5.74, 6) is 0. The summed E-state index contributed by atoms with van der Waals surface area (Å²) < 4.78 is 0. The summed E-state index contributed by atoms with van der Waals surface area (Å²) >= 11 is 0. The van der Waals surface area contributed by atoms with Crippen LogP contribution in [0, 0.1) is 0 Å². The second-order valence-electron chi connectivity index (χ2n) is 2.23. The SMILES string of the molecule is CCN(O)C(C)C(O)N(O)O. The minimum Gasteiger partial charge on any atom is -0.372 e. The lowest BCUT2D eigenvalue weighted by atomic mass is 10.3. The molecule has 6 nitrogen and oxygen atoms in total. The summed E-state index contributed by atoms with van der Waals surface area (Å²) in [5, 5.41) is 35.0. The lowest BCUT2D eigenvalue weighted by Crippen LogP contribution is -2.46. The predicted octanol–water partition coefficient (Wildman–Crippen LogP) is -0.515. The molecule has 2 unspecified atom stereocenters. The molecule has 0 radical (unpaired) electrons. The summed E-state index contributed by atoms with van der Waals surface area (Å²) in [5.41, 5.74) is 0. The minimum absolute atomic E-state index is 0.298. The van der Waals surface area contributed by atoms with Crippen LogP contribution in [-0.4, -0.2) is 49.8 Å². The predicted molar refractivity (Wildman–Crippen MR) is 35.0 cm³/mol. The molecule has 68 valence electrons. The van der Waals surface area contributed by atoms with Gasteiger partial charge in [-0.2, -0.15) is 5.06 Å². The smallest absolute Gasteiger partial charge is 0.174 e. The zero-order valence-electron chi connectivity index (χ0n) is 6.55. The monoisotopic (exact) mass is 166 g/mol. The van der Waals surface area contributed by atoms with Crippen LogP contribution in [0.15, 0.2) is 0 Å². The number of hydroxylamine groups is 4. The normalized spacial score (nSPS) is 17.5. The molecule has 0 fully saturated rings. The summed E-state index contributed by atoms with van der Waals surface area (Å²) in [6, 6.07) is -0.755. The number of nitrogens with zero attached hydrogens (tertiary/aromatic N) is 2. The van der Waals surface area contributed by atoms with E-state index in [1.165, 1.54) is 6.92 Å². The van der Waals surface area contributed by atoms with Crippen LogP contribution in [0.25, 0.3) is 0 Å². The molecule has 0 saturated carbocycles. The third-order valence-corrected chi connectivity index (χ3v) is 1.46. The van der Waals surface area contributed by atoms with E-state index in [9.17, 15) is 0 Å². The average Bonchev–Trinajstić information content (AvgIpc) is 2.00. The van der Waals surface area contributed by atoms with E-state index >= 15 is 0 Å². The Morgan fingerprint density at radius 1 is 1.27 bits per heavy atom. The maximum atomic E-state index is 8.97. The number of likely N-dealkylation sites (N-methyl/N-ethyl adjacent to an activating group) is 1. The van der Waals surface area contributed by atoms with Crippen molar-refractivity contribution in [1.29, 1.82) is 0 Å². The zero-order valence-corrected chi connectivity index (χ0v) is 6.55. The number of rotatable bonds is 4. The molecular formula is C5H14N2O4. The molecule has 0 amide bonds. The van der Waals surface area contributed by atoms with Crippen molar-refractivity contribution < 1.29 is 20.7 Å². The number of hydrogen-bond donors (Lipinski definition) is 4. The van der Waals surface area contributed by atoms with Crippen LogP contribution in [0.1, 0.15) is 13.8 Å². The molecule has 0 aliphatic carbocycles. The van der Waals surface area contributed by atoms with E-state index in [0.29, 0.717) is 6.54 Å². The van der Waals surface area contributed by atoms with E-state index in [2.05, 4.69) is 0 Å². The first-order chi connectivity index (χ1) is 5.00. The Balaban J connectivity index is 3.90. The van der Waals surface area contributed by atoms with Crippen LogP contribution in [0.3, 0.4) is 0 Å². The summed E-state index contributed by atoms with van der Waals surface area (Å²) in [7, 11) is 0. The molecule has 0 rings (SSSR count). The van der Waals surface area contributed by atoms with Gasteiger partial charge in [0.05, 0.1) is 6.04 Å². The molecule has 11 heavy (non-hydrogen) atoms. The van der Waals surface area contributed by atoms with Gasteiger partial charge in [0.25, 0.3) is 0 Å². The Hall–Kier alpha value is -0.240. The van der Waals surface area contributed by atoms with Crippen LogP contribution in [-0.2, 0) is 0 Å². The lowest BCUT2D eigenvalue weighted by Gasteiger charge is -2.27. The van der Waals surface area contributed by atoms with E-state index in [0.717, 1.165) is 5.06 Å². The second kappa shape index (κ2) is 4.60.